The van der Waals surface area contributed by atoms with Gasteiger partial charge in [-0.1, -0.05) is 17.7 Å². The fourth-order valence-electron chi connectivity index (χ4n) is 3.97. The summed E-state index contributed by atoms with van der Waals surface area (Å²) in [5.41, 5.74) is 3.57. The molecule has 2 fully saturated rings. The lowest BCUT2D eigenvalue weighted by atomic mass is 10.1. The second-order valence-corrected chi connectivity index (χ2v) is 10.3. The van der Waals surface area contributed by atoms with Crippen molar-refractivity contribution < 1.29 is 9.47 Å². The Balaban J connectivity index is 1.94. The molecule has 0 unspecified atom stereocenters. The summed E-state index contributed by atoms with van der Waals surface area (Å²) in [7, 11) is -2.17. The molecule has 1 aromatic heterocycles. The Kier molecular flexibility index (Phi) is 6.24. The van der Waals surface area contributed by atoms with E-state index in [9.17, 15) is 0 Å². The largest absolute Gasteiger partial charge is 0.379 e. The van der Waals surface area contributed by atoms with Gasteiger partial charge in [-0.2, -0.15) is 0 Å². The summed E-state index contributed by atoms with van der Waals surface area (Å²) in [6, 6.07) is 10.8. The van der Waals surface area contributed by atoms with Crippen molar-refractivity contribution in [2.75, 3.05) is 52.6 Å². The third-order valence-electron chi connectivity index (χ3n) is 5.37. The maximum absolute atomic E-state index is 5.69. The lowest BCUT2D eigenvalue weighted by Crippen LogP contribution is -2.46. The maximum Gasteiger partial charge on any atom is 0.133 e. The summed E-state index contributed by atoms with van der Waals surface area (Å²) in [5.74, 6) is 0. The zero-order valence-corrected chi connectivity index (χ0v) is 17.6. The van der Waals surface area contributed by atoms with E-state index in [0.717, 1.165) is 58.3 Å². The van der Waals surface area contributed by atoms with Crippen molar-refractivity contribution in [3.05, 3.63) is 53.9 Å². The van der Waals surface area contributed by atoms with Crippen LogP contribution in [0.25, 0.3) is 0 Å². The minimum absolute atomic E-state index is 0.750. The van der Waals surface area contributed by atoms with Crippen LogP contribution in [0.2, 0.25) is 0 Å². The maximum atomic E-state index is 5.69. The summed E-state index contributed by atoms with van der Waals surface area (Å²) >= 11 is 0. The van der Waals surface area contributed by atoms with Crippen molar-refractivity contribution in [2.45, 2.75) is 13.8 Å². The van der Waals surface area contributed by atoms with Gasteiger partial charge in [0.2, 0.25) is 0 Å². The second-order valence-electron chi connectivity index (χ2n) is 7.30. The van der Waals surface area contributed by atoms with Crippen molar-refractivity contribution in [2.24, 2.45) is 4.74 Å². The monoisotopic (exact) mass is 400 g/mol. The number of benzene rings is 1. The van der Waals surface area contributed by atoms with E-state index in [4.69, 9.17) is 14.2 Å². The van der Waals surface area contributed by atoms with E-state index in [-0.39, 0.29) is 0 Å². The first-order valence-corrected chi connectivity index (χ1v) is 11.6. The number of hydrogen-bond donors (Lipinski definition) is 0. The fraction of sp³-hybridized carbons (Fsp3) is 0.476. The number of rotatable bonds is 4. The molecule has 6 nitrogen and oxygen atoms in total. The van der Waals surface area contributed by atoms with Gasteiger partial charge in [0.25, 0.3) is 0 Å². The van der Waals surface area contributed by atoms with Gasteiger partial charge in [0.1, 0.15) is 7.36 Å². The third-order valence-corrected chi connectivity index (χ3v) is 9.24. The van der Waals surface area contributed by atoms with Crippen molar-refractivity contribution in [3.8, 4) is 0 Å². The van der Waals surface area contributed by atoms with Crippen LogP contribution in [0.5, 0.6) is 0 Å². The molecule has 3 heterocycles. The highest BCUT2D eigenvalue weighted by Crippen LogP contribution is 2.58. The molecule has 150 valence electrons. The molecule has 2 aliphatic heterocycles. The Morgan fingerprint density at radius 3 is 1.96 bits per heavy atom. The number of aryl methyl sites for hydroxylation is 2. The predicted octanol–water partition coefficient (Wildman–Crippen LogP) is 3.35. The lowest BCUT2D eigenvalue weighted by molar-refractivity contribution is 0.0579. The molecule has 0 spiro atoms. The van der Waals surface area contributed by atoms with Crippen LogP contribution in [0.4, 0.5) is 5.69 Å². The Morgan fingerprint density at radius 2 is 1.43 bits per heavy atom. The van der Waals surface area contributed by atoms with E-state index in [1.165, 1.54) is 16.4 Å². The highest BCUT2D eigenvalue weighted by molar-refractivity contribution is 7.69. The number of ether oxygens (including phenoxy) is 2. The van der Waals surface area contributed by atoms with E-state index < -0.39 is 7.36 Å². The number of hydrogen-bond acceptors (Lipinski definition) is 4. The van der Waals surface area contributed by atoms with Crippen LogP contribution in [0.3, 0.4) is 0 Å². The molecule has 2 aliphatic rings. The van der Waals surface area contributed by atoms with Gasteiger partial charge in [-0.3, -0.25) is 4.98 Å². The molecule has 0 N–H and O–H groups in total. The Bertz CT molecular complexity index is 825. The van der Waals surface area contributed by atoms with E-state index in [1.54, 1.807) is 0 Å². The molecule has 0 atom stereocenters. The molecule has 0 radical (unpaired) electrons. The molecule has 4 rings (SSSR count). The minimum Gasteiger partial charge on any atom is -0.379 e. The normalized spacial score (nSPS) is 19.5. The Morgan fingerprint density at radius 1 is 0.857 bits per heavy atom. The van der Waals surface area contributed by atoms with Gasteiger partial charge in [0.15, 0.2) is 0 Å². The smallest absolute Gasteiger partial charge is 0.133 e. The standard InChI is InChI=1S/C21H29N4O2P/c1-18-3-4-21(19(2)17-18)23-28(20-5-7-22-8-6-20,24-9-13-26-14-10-24)25-11-15-27-16-12-25/h3-8,17H,9-16H2,1-2H3. The van der Waals surface area contributed by atoms with Gasteiger partial charge < -0.3 is 9.47 Å². The van der Waals surface area contributed by atoms with Crippen LogP contribution in [-0.4, -0.2) is 66.9 Å². The van der Waals surface area contributed by atoms with E-state index in [0.29, 0.717) is 0 Å². The average molecular weight is 400 g/mol. The summed E-state index contributed by atoms with van der Waals surface area (Å²) < 4.78 is 22.1. The van der Waals surface area contributed by atoms with E-state index in [1.807, 2.05) is 12.4 Å². The van der Waals surface area contributed by atoms with Gasteiger partial charge >= 0.3 is 0 Å². The summed E-state index contributed by atoms with van der Waals surface area (Å²) in [6.07, 6.45) is 3.78. The molecule has 0 amide bonds. The topological polar surface area (TPSA) is 50.2 Å². The summed E-state index contributed by atoms with van der Waals surface area (Å²) in [4.78, 5) is 4.28. The first-order valence-electron chi connectivity index (χ1n) is 9.97. The van der Waals surface area contributed by atoms with Crippen molar-refractivity contribution in [1.82, 2.24) is 14.3 Å². The zero-order valence-electron chi connectivity index (χ0n) is 16.8. The summed E-state index contributed by atoms with van der Waals surface area (Å²) in [5, 5.41) is 1.26. The van der Waals surface area contributed by atoms with Crippen molar-refractivity contribution in [3.63, 3.8) is 0 Å². The molecule has 28 heavy (non-hydrogen) atoms. The molecule has 7 heteroatoms. The van der Waals surface area contributed by atoms with Crippen LogP contribution in [-0.2, 0) is 9.47 Å². The van der Waals surface area contributed by atoms with Crippen LogP contribution < -0.4 is 5.30 Å². The van der Waals surface area contributed by atoms with Gasteiger partial charge in [-0.15, -0.1) is 0 Å². The average Bonchev–Trinajstić information content (AvgIpc) is 2.75. The zero-order chi connectivity index (χ0) is 19.4. The number of nitrogens with zero attached hydrogens (tertiary/aromatic N) is 4. The SMILES string of the molecule is Cc1ccc(N=P(c2ccncc2)(N2CCOCC2)N2CCOCC2)c(C)c1. The van der Waals surface area contributed by atoms with Crippen molar-refractivity contribution >= 4 is 18.3 Å². The molecule has 2 aromatic rings. The molecule has 0 aliphatic carbocycles. The first-order chi connectivity index (χ1) is 13.7. The van der Waals surface area contributed by atoms with Crippen LogP contribution in [0, 0.1) is 13.8 Å². The van der Waals surface area contributed by atoms with Gasteiger partial charge in [0, 0.05) is 43.9 Å². The fourth-order valence-corrected chi connectivity index (χ4v) is 7.85. The second kappa shape index (κ2) is 8.85. The number of aromatic nitrogens is 1. The number of pyridine rings is 1. The van der Waals surface area contributed by atoms with Crippen molar-refractivity contribution in [1.29, 1.82) is 0 Å². The highest BCUT2D eigenvalue weighted by atomic mass is 31.2. The highest BCUT2D eigenvalue weighted by Gasteiger charge is 2.38. The van der Waals surface area contributed by atoms with E-state index in [2.05, 4.69) is 58.5 Å². The van der Waals surface area contributed by atoms with Crippen LogP contribution >= 0.6 is 7.36 Å². The van der Waals surface area contributed by atoms with Crippen LogP contribution in [0.1, 0.15) is 11.1 Å². The first kappa shape index (κ1) is 19.7. The quantitative estimate of drug-likeness (QED) is 0.737. The van der Waals surface area contributed by atoms with Gasteiger partial charge in [-0.05, 0) is 37.6 Å². The molecular formula is C21H29N4O2P. The lowest BCUT2D eigenvalue weighted by Gasteiger charge is -2.46. The van der Waals surface area contributed by atoms with Gasteiger partial charge in [0.05, 0.1) is 32.1 Å². The Hall–Kier alpha value is -1.56. The molecule has 0 saturated carbocycles. The molecular weight excluding hydrogens is 371 g/mol. The van der Waals surface area contributed by atoms with Crippen LogP contribution in [0.15, 0.2) is 47.5 Å². The third kappa shape index (κ3) is 3.93. The predicted molar refractivity (Wildman–Crippen MR) is 114 cm³/mol. The molecule has 0 bridgehead atoms. The molecule has 2 saturated heterocycles. The Labute approximate surface area is 167 Å². The number of morpholine rings is 2. The molecule has 1 aromatic carbocycles. The minimum atomic E-state index is -2.17. The van der Waals surface area contributed by atoms with Gasteiger partial charge in [-0.25, -0.2) is 14.1 Å². The van der Waals surface area contributed by atoms with E-state index >= 15 is 0 Å². The summed E-state index contributed by atoms with van der Waals surface area (Å²) in [6.45, 7) is 10.9.